The Morgan fingerprint density at radius 3 is 1.26 bits per heavy atom. The van der Waals surface area contributed by atoms with Crippen LogP contribution in [0.3, 0.4) is 0 Å². The third kappa shape index (κ3) is 24.5. The number of aliphatic hydroxyl groups is 1. The van der Waals surface area contributed by atoms with Crippen molar-refractivity contribution in [3.05, 3.63) is 233 Å². The molecule has 0 radical (unpaired) electrons. The lowest BCUT2D eigenvalue weighted by Crippen LogP contribution is -2.16. The van der Waals surface area contributed by atoms with Crippen molar-refractivity contribution in [3.8, 4) is 17.2 Å². The molecule has 0 heterocycles. The number of halogens is 3. The zero-order valence-corrected chi connectivity index (χ0v) is 43.0. The lowest BCUT2D eigenvalue weighted by atomic mass is 10.1. The molecule has 0 aliphatic carbocycles. The minimum Gasteiger partial charge on any atom is -0.508 e. The summed E-state index contributed by atoms with van der Waals surface area (Å²) in [7, 11) is 3.47. The van der Waals surface area contributed by atoms with E-state index in [2.05, 4.69) is 73.4 Å². The van der Waals surface area contributed by atoms with Gasteiger partial charge in [-0.05, 0) is 99.4 Å². The molecule has 69 heavy (non-hydrogen) atoms. The molecule has 0 unspecified atom stereocenters. The van der Waals surface area contributed by atoms with Gasteiger partial charge in [-0.3, -0.25) is 4.79 Å². The monoisotopic (exact) mass is 992 g/mol. The number of hydrogen-bond donors (Lipinski definition) is 4. The van der Waals surface area contributed by atoms with E-state index in [0.717, 1.165) is 53.1 Å². The Bertz CT molecular complexity index is 2320. The number of para-hydroxylation sites is 3. The summed E-state index contributed by atoms with van der Waals surface area (Å²) in [4.78, 5) is 11.2. The lowest BCUT2D eigenvalue weighted by Gasteiger charge is -2.20. The number of carbonyl (C=O) groups is 1. The van der Waals surface area contributed by atoms with Crippen molar-refractivity contribution in [2.45, 2.75) is 64.8 Å². The Hall–Kier alpha value is -5.64. The molecule has 0 aliphatic heterocycles. The number of nitrogens with one attached hydrogen (secondary N) is 1. The SMILES string of the molecule is CN.CNCC[C@@H](Oc1ccccc1C)c1ccccc1.Cc1ccccc1O.Cc1ccccc1O[C@H](CCCl)c1ccccc1.O=C(CCCl)c1ccccc1.O[C@@H](CCCl)c1ccccc1. The summed E-state index contributed by atoms with van der Waals surface area (Å²) in [6, 6.07) is 62.8. The number of aryl methyl sites for hydroxylation is 3. The highest BCUT2D eigenvalue weighted by atomic mass is 35.5. The molecule has 0 fully saturated rings. The minimum atomic E-state index is -0.409. The third-order valence-corrected chi connectivity index (χ3v) is 10.8. The standard InChI is InChI=1S/C17H21NO.C16H17ClO.C9H11ClO.C9H9ClO.C7H8O.CH5N/c1-14-8-6-7-11-16(14)19-17(12-13-18-2)15-9-4-3-5-10-15;1-13-7-5-6-10-15(13)18-16(11-12-17)14-8-3-2-4-9-14;2*10-7-6-9(11)8-4-2-1-3-5-8;1-6-4-2-3-5-7(6)8;1-2/h3-11,17-18H,12-13H2,1-2H3;2-10,16H,11-12H2,1H3;1-5,9,11H,6-7H2;1-5H,6-7H2;2-5,8H,1H3;2H2,1H3/t17-;16-;9-;;;/m110.../s1. The van der Waals surface area contributed by atoms with E-state index in [1.165, 1.54) is 23.7 Å². The first kappa shape index (κ1) is 59.5. The molecule has 0 saturated heterocycles. The van der Waals surface area contributed by atoms with E-state index in [1.807, 2.05) is 141 Å². The van der Waals surface area contributed by atoms with E-state index < -0.39 is 6.10 Å². The van der Waals surface area contributed by atoms with Gasteiger partial charge in [-0.15, -0.1) is 34.8 Å². The summed E-state index contributed by atoms with van der Waals surface area (Å²) >= 11 is 16.8. The van der Waals surface area contributed by atoms with Gasteiger partial charge in [0.05, 0.1) is 6.10 Å². The van der Waals surface area contributed by atoms with Crippen LogP contribution in [0.1, 0.15) is 87.7 Å². The fourth-order valence-corrected chi connectivity index (χ4v) is 6.92. The number of rotatable bonds is 17. The van der Waals surface area contributed by atoms with Crippen molar-refractivity contribution in [1.29, 1.82) is 0 Å². The predicted molar refractivity (Wildman–Crippen MR) is 292 cm³/mol. The van der Waals surface area contributed by atoms with Crippen LogP contribution in [0.15, 0.2) is 194 Å². The molecular formula is C59H71Cl3N2O5. The van der Waals surface area contributed by atoms with Gasteiger partial charge in [-0.2, -0.15) is 0 Å². The molecule has 7 nitrogen and oxygen atoms in total. The Morgan fingerprint density at radius 2 is 0.884 bits per heavy atom. The topological polar surface area (TPSA) is 114 Å². The van der Waals surface area contributed by atoms with Crippen LogP contribution in [0.4, 0.5) is 0 Å². The number of nitrogens with two attached hydrogens (primary N) is 1. The average Bonchev–Trinajstić information content (AvgIpc) is 3.40. The van der Waals surface area contributed by atoms with Gasteiger partial charge in [-0.1, -0.05) is 176 Å². The van der Waals surface area contributed by atoms with Gasteiger partial charge in [0.1, 0.15) is 29.5 Å². The number of phenols is 1. The van der Waals surface area contributed by atoms with Gasteiger partial charge >= 0.3 is 0 Å². The highest BCUT2D eigenvalue weighted by Crippen LogP contribution is 2.28. The zero-order chi connectivity index (χ0) is 50.5. The maximum Gasteiger partial charge on any atom is 0.164 e. The molecule has 7 rings (SSSR count). The molecule has 368 valence electrons. The second-order valence-electron chi connectivity index (χ2n) is 15.4. The van der Waals surface area contributed by atoms with Crippen LogP contribution in [0.5, 0.6) is 17.2 Å². The van der Waals surface area contributed by atoms with Crippen LogP contribution in [0, 0.1) is 20.8 Å². The number of ether oxygens (including phenoxy) is 2. The van der Waals surface area contributed by atoms with Gasteiger partial charge in [0.2, 0.25) is 0 Å². The third-order valence-electron chi connectivity index (χ3n) is 10.2. The Labute approximate surface area is 427 Å². The van der Waals surface area contributed by atoms with Gasteiger partial charge < -0.3 is 30.7 Å². The molecule has 7 aromatic carbocycles. The first-order valence-electron chi connectivity index (χ1n) is 23.1. The van der Waals surface area contributed by atoms with Crippen molar-refractivity contribution in [2.75, 3.05) is 38.3 Å². The van der Waals surface area contributed by atoms with Crippen LogP contribution < -0.4 is 20.5 Å². The van der Waals surface area contributed by atoms with Crippen LogP contribution in [-0.4, -0.2) is 54.3 Å². The molecule has 0 saturated carbocycles. The summed E-state index contributed by atoms with van der Waals surface area (Å²) in [6.45, 7) is 6.94. The molecule has 0 bridgehead atoms. The van der Waals surface area contributed by atoms with Crippen molar-refractivity contribution < 1.29 is 24.5 Å². The van der Waals surface area contributed by atoms with Crippen molar-refractivity contribution in [1.82, 2.24) is 5.32 Å². The number of phenolic OH excluding ortho intramolecular Hbond substituents is 1. The van der Waals surface area contributed by atoms with Crippen molar-refractivity contribution >= 4 is 40.6 Å². The highest BCUT2D eigenvalue weighted by Gasteiger charge is 2.15. The average molecular weight is 995 g/mol. The van der Waals surface area contributed by atoms with Gasteiger partial charge in [0.15, 0.2) is 5.78 Å². The van der Waals surface area contributed by atoms with E-state index >= 15 is 0 Å². The van der Waals surface area contributed by atoms with E-state index in [-0.39, 0.29) is 18.0 Å². The van der Waals surface area contributed by atoms with Crippen LogP contribution in [-0.2, 0) is 0 Å². The number of benzene rings is 7. The summed E-state index contributed by atoms with van der Waals surface area (Å²) in [5.74, 6) is 3.85. The fraction of sp³-hybridized carbons (Fsp3) is 0.271. The fourth-order valence-electron chi connectivity index (χ4n) is 6.34. The molecular weight excluding hydrogens is 923 g/mol. The smallest absolute Gasteiger partial charge is 0.164 e. The van der Waals surface area contributed by atoms with Crippen LogP contribution >= 0.6 is 34.8 Å². The molecule has 3 atom stereocenters. The summed E-state index contributed by atoms with van der Waals surface area (Å²) < 4.78 is 12.3. The van der Waals surface area contributed by atoms with Crippen molar-refractivity contribution in [2.24, 2.45) is 5.73 Å². The second-order valence-corrected chi connectivity index (χ2v) is 16.5. The number of Topliss-reactive ketones (excluding diaryl/α,β-unsaturated/α-hetero) is 1. The Kier molecular flexibility index (Phi) is 32.1. The summed E-state index contributed by atoms with van der Waals surface area (Å²) in [6.07, 6.45) is 2.50. The van der Waals surface area contributed by atoms with E-state index in [4.69, 9.17) is 49.4 Å². The molecule has 0 amide bonds. The Morgan fingerprint density at radius 1 is 0.507 bits per heavy atom. The quantitative estimate of drug-likeness (QED) is 0.0531. The summed E-state index contributed by atoms with van der Waals surface area (Å²) in [5, 5.41) is 21.5. The molecule has 0 aliphatic rings. The number of ketones is 1. The minimum absolute atomic E-state index is 0.0183. The zero-order valence-electron chi connectivity index (χ0n) is 40.7. The van der Waals surface area contributed by atoms with E-state index in [1.54, 1.807) is 18.2 Å². The van der Waals surface area contributed by atoms with Gasteiger partial charge in [0, 0.05) is 42.5 Å². The summed E-state index contributed by atoms with van der Waals surface area (Å²) in [5.41, 5.74) is 11.8. The number of alkyl halides is 3. The molecule has 0 aromatic heterocycles. The van der Waals surface area contributed by atoms with Crippen LogP contribution in [0.2, 0.25) is 0 Å². The van der Waals surface area contributed by atoms with E-state index in [9.17, 15) is 9.90 Å². The van der Waals surface area contributed by atoms with Gasteiger partial charge in [-0.25, -0.2) is 0 Å². The normalized spacial score (nSPS) is 11.2. The first-order valence-corrected chi connectivity index (χ1v) is 24.7. The lowest BCUT2D eigenvalue weighted by molar-refractivity contribution is 0.0989. The predicted octanol–water partition coefficient (Wildman–Crippen LogP) is 14.6. The van der Waals surface area contributed by atoms with E-state index in [0.29, 0.717) is 36.2 Å². The number of hydrogen-bond acceptors (Lipinski definition) is 7. The molecule has 10 heteroatoms. The number of aliphatic hydroxyl groups excluding tert-OH is 1. The van der Waals surface area contributed by atoms with Crippen molar-refractivity contribution in [3.63, 3.8) is 0 Å². The maximum absolute atomic E-state index is 11.2. The highest BCUT2D eigenvalue weighted by molar-refractivity contribution is 6.19. The number of aromatic hydroxyl groups is 1. The molecule has 7 aromatic rings. The Balaban J connectivity index is 0.000000303. The second kappa shape index (κ2) is 37.3. The largest absolute Gasteiger partial charge is 0.508 e. The number of carbonyl (C=O) groups excluding carboxylic acids is 1. The van der Waals surface area contributed by atoms with Crippen LogP contribution in [0.25, 0.3) is 0 Å². The van der Waals surface area contributed by atoms with Gasteiger partial charge in [0.25, 0.3) is 0 Å². The molecule has 0 spiro atoms. The molecule has 5 N–H and O–H groups in total. The maximum atomic E-state index is 11.2. The first-order chi connectivity index (χ1) is 33.6.